The average Bonchev–Trinajstić information content (AvgIpc) is 2.13. The predicted molar refractivity (Wildman–Crippen MR) is 64.7 cm³/mol. The fourth-order valence-corrected chi connectivity index (χ4v) is 1.94. The Morgan fingerprint density at radius 3 is 2.17 bits per heavy atom. The monoisotopic (exact) mass is 255 g/mol. The number of phenolic OH excluding ortho intramolecular Hbond substituents is 3. The van der Waals surface area contributed by atoms with Crippen molar-refractivity contribution in [1.82, 2.24) is 0 Å². The number of aromatic hydroxyl groups is 3. The highest BCUT2D eigenvalue weighted by molar-refractivity contribution is 5.78. The lowest BCUT2D eigenvalue weighted by Crippen LogP contribution is -2.45. The van der Waals surface area contributed by atoms with E-state index in [-0.39, 0.29) is 29.2 Å². The Kier molecular flexibility index (Phi) is 3.71. The zero-order valence-electron chi connectivity index (χ0n) is 10.2. The molecule has 0 saturated heterocycles. The largest absolute Gasteiger partial charge is 0.508 e. The van der Waals surface area contributed by atoms with E-state index in [1.54, 1.807) is 6.92 Å². The van der Waals surface area contributed by atoms with Crippen molar-refractivity contribution in [2.75, 3.05) is 0 Å². The molecule has 1 rings (SSSR count). The molecule has 18 heavy (non-hydrogen) atoms. The molecule has 0 amide bonds. The summed E-state index contributed by atoms with van der Waals surface area (Å²) in [6.45, 7) is 3.00. The molecule has 6 heteroatoms. The quantitative estimate of drug-likeness (QED) is 0.548. The molecule has 1 aromatic rings. The smallest absolute Gasteiger partial charge is 0.323 e. The second-order valence-electron chi connectivity index (χ2n) is 4.73. The van der Waals surface area contributed by atoms with E-state index in [2.05, 4.69) is 0 Å². The van der Waals surface area contributed by atoms with Gasteiger partial charge in [-0.2, -0.15) is 0 Å². The molecule has 0 spiro atoms. The first-order valence-corrected chi connectivity index (χ1v) is 5.42. The number of aliphatic carboxylic acids is 1. The molecule has 1 aromatic carbocycles. The zero-order valence-corrected chi connectivity index (χ0v) is 10.2. The molecule has 0 aromatic heterocycles. The van der Waals surface area contributed by atoms with Crippen molar-refractivity contribution < 1.29 is 25.2 Å². The highest BCUT2D eigenvalue weighted by Gasteiger charge is 2.32. The van der Waals surface area contributed by atoms with Crippen LogP contribution in [-0.4, -0.2) is 31.9 Å². The van der Waals surface area contributed by atoms with Crippen molar-refractivity contribution in [1.29, 1.82) is 0 Å². The van der Waals surface area contributed by atoms with Crippen molar-refractivity contribution in [3.05, 3.63) is 17.7 Å². The molecule has 2 unspecified atom stereocenters. The molecule has 0 bridgehead atoms. The van der Waals surface area contributed by atoms with E-state index in [0.717, 1.165) is 12.1 Å². The van der Waals surface area contributed by atoms with Gasteiger partial charge in [-0.3, -0.25) is 4.79 Å². The number of benzene rings is 1. The van der Waals surface area contributed by atoms with Crippen LogP contribution in [0.2, 0.25) is 0 Å². The Morgan fingerprint density at radius 2 is 1.78 bits per heavy atom. The summed E-state index contributed by atoms with van der Waals surface area (Å²) in [6, 6.07) is 2.17. The molecule has 100 valence electrons. The van der Waals surface area contributed by atoms with Crippen molar-refractivity contribution >= 4 is 5.97 Å². The van der Waals surface area contributed by atoms with Crippen LogP contribution in [0, 0.1) is 0 Å². The summed E-state index contributed by atoms with van der Waals surface area (Å²) < 4.78 is 0. The van der Waals surface area contributed by atoms with Gasteiger partial charge in [0.15, 0.2) is 0 Å². The van der Waals surface area contributed by atoms with Gasteiger partial charge in [0.1, 0.15) is 22.8 Å². The van der Waals surface area contributed by atoms with Gasteiger partial charge in [-0.15, -0.1) is 0 Å². The fraction of sp³-hybridized carbons (Fsp3) is 0.417. The van der Waals surface area contributed by atoms with E-state index in [0.29, 0.717) is 0 Å². The third-order valence-corrected chi connectivity index (χ3v) is 2.83. The number of phenols is 3. The average molecular weight is 255 g/mol. The maximum absolute atomic E-state index is 10.9. The van der Waals surface area contributed by atoms with Gasteiger partial charge >= 0.3 is 5.97 Å². The van der Waals surface area contributed by atoms with Gasteiger partial charge in [-0.25, -0.2) is 0 Å². The topological polar surface area (TPSA) is 124 Å². The van der Waals surface area contributed by atoms with E-state index in [1.165, 1.54) is 6.92 Å². The first-order valence-electron chi connectivity index (χ1n) is 5.42. The molecule has 6 N–H and O–H groups in total. The minimum atomic E-state index is -1.46. The summed E-state index contributed by atoms with van der Waals surface area (Å²) in [4.78, 5) is 10.9. The zero-order chi connectivity index (χ0) is 14.1. The molecule has 0 aliphatic rings. The molecule has 0 saturated carbocycles. The Morgan fingerprint density at radius 1 is 1.33 bits per heavy atom. The summed E-state index contributed by atoms with van der Waals surface area (Å²) in [7, 11) is 0. The number of hydrogen-bond acceptors (Lipinski definition) is 5. The summed E-state index contributed by atoms with van der Waals surface area (Å²) in [5.41, 5.74) is 4.33. The van der Waals surface area contributed by atoms with Crippen LogP contribution in [0.15, 0.2) is 12.1 Å². The number of rotatable bonds is 4. The van der Waals surface area contributed by atoms with Crippen LogP contribution in [0.1, 0.15) is 31.7 Å². The predicted octanol–water partition coefficient (Wildman–Crippen LogP) is 1.10. The minimum Gasteiger partial charge on any atom is -0.508 e. The normalized spacial score (nSPS) is 15.9. The van der Waals surface area contributed by atoms with E-state index >= 15 is 0 Å². The van der Waals surface area contributed by atoms with Gasteiger partial charge < -0.3 is 26.2 Å². The first-order chi connectivity index (χ1) is 8.15. The van der Waals surface area contributed by atoms with Gasteiger partial charge in [0.05, 0.1) is 0 Å². The molecular weight excluding hydrogens is 238 g/mol. The van der Waals surface area contributed by atoms with Crippen LogP contribution < -0.4 is 5.73 Å². The van der Waals surface area contributed by atoms with Gasteiger partial charge in [0.25, 0.3) is 0 Å². The van der Waals surface area contributed by atoms with Crippen LogP contribution >= 0.6 is 0 Å². The Bertz CT molecular complexity index is 447. The number of nitrogens with two attached hydrogens (primary N) is 1. The molecule has 0 aliphatic carbocycles. The third kappa shape index (κ3) is 2.84. The molecule has 0 aliphatic heterocycles. The lowest BCUT2D eigenvalue weighted by atomic mass is 9.85. The Balaban J connectivity index is 3.05. The number of carbonyl (C=O) groups is 1. The third-order valence-electron chi connectivity index (χ3n) is 2.83. The Hall–Kier alpha value is -1.95. The summed E-state index contributed by atoms with van der Waals surface area (Å²) in [5.74, 6) is -2.49. The van der Waals surface area contributed by atoms with Crippen LogP contribution in [0.5, 0.6) is 17.2 Å². The Labute approximate surface area is 104 Å². The van der Waals surface area contributed by atoms with E-state index in [9.17, 15) is 20.1 Å². The summed E-state index contributed by atoms with van der Waals surface area (Å²) in [5, 5.41) is 37.5. The van der Waals surface area contributed by atoms with Gasteiger partial charge in [-0.1, -0.05) is 6.92 Å². The molecule has 6 nitrogen and oxygen atoms in total. The molecule has 0 heterocycles. The lowest BCUT2D eigenvalue weighted by molar-refractivity contribution is -0.143. The van der Waals surface area contributed by atoms with E-state index in [1.807, 2.05) is 0 Å². The number of hydrogen-bond donors (Lipinski definition) is 5. The molecule has 0 radical (unpaired) electrons. The van der Waals surface area contributed by atoms with Crippen molar-refractivity contribution in [2.24, 2.45) is 5.73 Å². The van der Waals surface area contributed by atoms with Crippen LogP contribution in [0.4, 0.5) is 0 Å². The van der Waals surface area contributed by atoms with Crippen LogP contribution in [0.25, 0.3) is 0 Å². The van der Waals surface area contributed by atoms with Crippen LogP contribution in [-0.2, 0) is 4.79 Å². The molecule has 2 atom stereocenters. The van der Waals surface area contributed by atoms with Crippen molar-refractivity contribution in [3.63, 3.8) is 0 Å². The summed E-state index contributed by atoms with van der Waals surface area (Å²) in [6.07, 6.45) is 0.0359. The number of carboxylic acids is 1. The molecular formula is C12H17NO5. The second kappa shape index (κ2) is 4.73. The summed E-state index contributed by atoms with van der Waals surface area (Å²) >= 11 is 0. The van der Waals surface area contributed by atoms with Crippen LogP contribution in [0.3, 0.4) is 0 Å². The molecule has 0 fully saturated rings. The van der Waals surface area contributed by atoms with Gasteiger partial charge in [0, 0.05) is 17.7 Å². The van der Waals surface area contributed by atoms with E-state index in [4.69, 9.17) is 10.8 Å². The standard InChI is InChI=1S/C12H17NO5/c1-6(5-12(2,13)11(17)18)10-8(15)3-7(14)4-9(10)16/h3-4,6,14-16H,5,13H2,1-2H3,(H,17,18). The maximum Gasteiger partial charge on any atom is 0.323 e. The fourth-order valence-electron chi connectivity index (χ4n) is 1.94. The van der Waals surface area contributed by atoms with Crippen molar-refractivity contribution in [3.8, 4) is 17.2 Å². The highest BCUT2D eigenvalue weighted by atomic mass is 16.4. The maximum atomic E-state index is 10.9. The van der Waals surface area contributed by atoms with Crippen molar-refractivity contribution in [2.45, 2.75) is 31.7 Å². The number of carboxylic acid groups (broad SMARTS) is 1. The second-order valence-corrected chi connectivity index (χ2v) is 4.73. The lowest BCUT2D eigenvalue weighted by Gasteiger charge is -2.24. The highest BCUT2D eigenvalue weighted by Crippen LogP contribution is 2.39. The first kappa shape index (κ1) is 14.1. The van der Waals surface area contributed by atoms with E-state index < -0.39 is 17.4 Å². The van der Waals surface area contributed by atoms with Gasteiger partial charge in [0.2, 0.25) is 0 Å². The van der Waals surface area contributed by atoms with Gasteiger partial charge in [-0.05, 0) is 19.3 Å². The minimum absolute atomic E-state index is 0.0359. The SMILES string of the molecule is CC(CC(C)(N)C(=O)O)c1c(O)cc(O)cc1O.